The maximum atomic E-state index is 12.8. The molecule has 0 bridgehead atoms. The summed E-state index contributed by atoms with van der Waals surface area (Å²) in [6, 6.07) is 8.05. The minimum absolute atomic E-state index is 0.137. The number of halogens is 2. The smallest absolute Gasteiger partial charge is 0.337 e. The van der Waals surface area contributed by atoms with Crippen LogP contribution in [0.3, 0.4) is 0 Å². The summed E-state index contributed by atoms with van der Waals surface area (Å²) in [5, 5.41) is 21.4. The minimum Gasteiger partial charge on any atom is -0.393 e. The normalized spacial score (nSPS) is 12.3. The van der Waals surface area contributed by atoms with Gasteiger partial charge in [-0.2, -0.15) is 0 Å². The fourth-order valence-electron chi connectivity index (χ4n) is 2.37. The van der Waals surface area contributed by atoms with Gasteiger partial charge in [-0.3, -0.25) is 9.36 Å². The van der Waals surface area contributed by atoms with Crippen LogP contribution in [0.1, 0.15) is 5.56 Å². The Labute approximate surface area is 157 Å². The third-order valence-electron chi connectivity index (χ3n) is 3.69. The molecule has 0 radical (unpaired) electrons. The summed E-state index contributed by atoms with van der Waals surface area (Å²) in [4.78, 5) is 28.7. The molecule has 3 aromatic rings. The van der Waals surface area contributed by atoms with Gasteiger partial charge >= 0.3 is 5.69 Å². The number of aromatic nitrogens is 3. The first-order chi connectivity index (χ1) is 12.4. The Morgan fingerprint density at radius 3 is 2.69 bits per heavy atom. The second kappa shape index (κ2) is 7.46. The van der Waals surface area contributed by atoms with E-state index in [1.807, 2.05) is 0 Å². The Morgan fingerprint density at radius 1 is 1.23 bits per heavy atom. The lowest BCUT2D eigenvalue weighted by atomic mass is 10.2. The SMILES string of the molecule is O=C(Nc1ccc2ncn(Cc3ccc(Cl)c(Cl)c3)c(=O)n12)C(O)CO. The number of nitrogens with one attached hydrogen (secondary N) is 1. The van der Waals surface area contributed by atoms with Crippen molar-refractivity contribution >= 4 is 40.6 Å². The fourth-order valence-corrected chi connectivity index (χ4v) is 2.69. The lowest BCUT2D eigenvalue weighted by Gasteiger charge is -2.10. The first-order valence-corrected chi connectivity index (χ1v) is 8.27. The minimum atomic E-state index is -1.59. The number of carbonyl (C=O) groups excluding carboxylic acids is 1. The van der Waals surface area contributed by atoms with Crippen molar-refractivity contribution in [3.8, 4) is 0 Å². The summed E-state index contributed by atoms with van der Waals surface area (Å²) in [6.45, 7) is -0.529. The second-order valence-electron chi connectivity index (χ2n) is 5.50. The number of benzene rings is 1. The Balaban J connectivity index is 1.97. The Kier molecular flexibility index (Phi) is 5.28. The van der Waals surface area contributed by atoms with Crippen molar-refractivity contribution in [1.82, 2.24) is 14.0 Å². The molecule has 0 spiro atoms. The highest BCUT2D eigenvalue weighted by molar-refractivity contribution is 6.42. The van der Waals surface area contributed by atoms with Gasteiger partial charge in [0.05, 0.1) is 23.2 Å². The van der Waals surface area contributed by atoms with Crippen LogP contribution in [0.4, 0.5) is 5.82 Å². The molecule has 2 heterocycles. The molecule has 26 heavy (non-hydrogen) atoms. The average Bonchev–Trinajstić information content (AvgIpc) is 3.03. The Bertz CT molecular complexity index is 1030. The van der Waals surface area contributed by atoms with Crippen LogP contribution in [0.2, 0.25) is 10.0 Å². The predicted molar refractivity (Wildman–Crippen MR) is 96.7 cm³/mol. The Morgan fingerprint density at radius 2 is 2.00 bits per heavy atom. The van der Waals surface area contributed by atoms with Crippen LogP contribution < -0.4 is 11.0 Å². The molecule has 3 rings (SSSR count). The van der Waals surface area contributed by atoms with Crippen molar-refractivity contribution in [1.29, 1.82) is 0 Å². The summed E-state index contributed by atoms with van der Waals surface area (Å²) < 4.78 is 2.53. The van der Waals surface area contributed by atoms with Crippen molar-refractivity contribution in [3.05, 3.63) is 62.8 Å². The van der Waals surface area contributed by atoms with E-state index in [-0.39, 0.29) is 12.4 Å². The molecule has 0 aliphatic rings. The highest BCUT2D eigenvalue weighted by Gasteiger charge is 2.17. The molecule has 1 unspecified atom stereocenters. The zero-order chi connectivity index (χ0) is 18.8. The van der Waals surface area contributed by atoms with Gasteiger partial charge in [-0.15, -0.1) is 0 Å². The third-order valence-corrected chi connectivity index (χ3v) is 4.43. The summed E-state index contributed by atoms with van der Waals surface area (Å²) >= 11 is 11.9. The maximum Gasteiger partial charge on any atom is 0.337 e. The molecule has 0 saturated heterocycles. The average molecular weight is 397 g/mol. The van der Waals surface area contributed by atoms with E-state index in [2.05, 4.69) is 10.3 Å². The van der Waals surface area contributed by atoms with E-state index in [0.717, 1.165) is 5.56 Å². The van der Waals surface area contributed by atoms with Gasteiger partial charge in [0.15, 0.2) is 6.10 Å². The van der Waals surface area contributed by atoms with Crippen LogP contribution in [-0.4, -0.2) is 42.8 Å². The molecule has 8 nitrogen and oxygen atoms in total. The van der Waals surface area contributed by atoms with E-state index in [0.29, 0.717) is 15.7 Å². The van der Waals surface area contributed by atoms with Gasteiger partial charge < -0.3 is 15.5 Å². The van der Waals surface area contributed by atoms with Gasteiger partial charge in [0.1, 0.15) is 17.8 Å². The van der Waals surface area contributed by atoms with Gasteiger partial charge in [-0.25, -0.2) is 14.2 Å². The zero-order valence-electron chi connectivity index (χ0n) is 13.3. The van der Waals surface area contributed by atoms with Gasteiger partial charge in [0, 0.05) is 0 Å². The summed E-state index contributed by atoms with van der Waals surface area (Å²) in [5.74, 6) is -0.690. The summed E-state index contributed by atoms with van der Waals surface area (Å²) in [5.41, 5.74) is 0.630. The van der Waals surface area contributed by atoms with Gasteiger partial charge in [-0.1, -0.05) is 29.3 Å². The van der Waals surface area contributed by atoms with Gasteiger partial charge in [0.2, 0.25) is 0 Å². The molecular formula is C16H14Cl2N4O4. The number of hydrogen-bond donors (Lipinski definition) is 3. The number of amides is 1. The predicted octanol–water partition coefficient (Wildman–Crippen LogP) is 1.14. The van der Waals surface area contributed by atoms with Gasteiger partial charge in [-0.05, 0) is 29.8 Å². The highest BCUT2D eigenvalue weighted by Crippen LogP contribution is 2.22. The number of nitrogens with zero attached hydrogens (tertiary/aromatic N) is 3. The van der Waals surface area contributed by atoms with E-state index < -0.39 is 24.3 Å². The molecule has 10 heteroatoms. The number of rotatable bonds is 5. The number of carbonyl (C=O) groups is 1. The van der Waals surface area contributed by atoms with E-state index in [9.17, 15) is 14.7 Å². The van der Waals surface area contributed by atoms with Crippen LogP contribution in [0.15, 0.2) is 41.5 Å². The summed E-state index contributed by atoms with van der Waals surface area (Å²) in [7, 11) is 0. The second-order valence-corrected chi connectivity index (χ2v) is 6.32. The molecule has 3 N–H and O–H groups in total. The molecule has 1 amide bonds. The molecule has 0 aliphatic carbocycles. The molecular weight excluding hydrogens is 383 g/mol. The molecule has 0 saturated carbocycles. The monoisotopic (exact) mass is 396 g/mol. The van der Waals surface area contributed by atoms with Crippen LogP contribution in [-0.2, 0) is 11.3 Å². The zero-order valence-corrected chi connectivity index (χ0v) is 14.8. The lowest BCUT2D eigenvalue weighted by molar-refractivity contribution is -0.125. The number of anilines is 1. The van der Waals surface area contributed by atoms with Crippen LogP contribution >= 0.6 is 23.2 Å². The molecule has 1 atom stereocenters. The highest BCUT2D eigenvalue weighted by atomic mass is 35.5. The number of aliphatic hydroxyl groups is 2. The van der Waals surface area contributed by atoms with E-state index in [4.69, 9.17) is 28.3 Å². The largest absolute Gasteiger partial charge is 0.393 e. The van der Waals surface area contributed by atoms with E-state index >= 15 is 0 Å². The Hall–Kier alpha value is -2.39. The van der Waals surface area contributed by atoms with Crippen molar-refractivity contribution in [3.63, 3.8) is 0 Å². The van der Waals surface area contributed by atoms with Crippen molar-refractivity contribution in [2.75, 3.05) is 11.9 Å². The molecule has 0 fully saturated rings. The lowest BCUT2D eigenvalue weighted by Crippen LogP contribution is -2.33. The van der Waals surface area contributed by atoms with Crippen molar-refractivity contribution in [2.24, 2.45) is 0 Å². The van der Waals surface area contributed by atoms with E-state index in [1.165, 1.54) is 21.4 Å². The fraction of sp³-hybridized carbons (Fsp3) is 0.188. The standard InChI is InChI=1S/C16H14Cl2N4O4/c17-10-2-1-9(5-11(10)18)6-21-8-19-13-3-4-14(22(13)16(21)26)20-15(25)12(24)7-23/h1-5,8,12,23-24H,6-7H2,(H,20,25). The van der Waals surface area contributed by atoms with Crippen LogP contribution in [0, 0.1) is 0 Å². The van der Waals surface area contributed by atoms with Gasteiger partial charge in [0.25, 0.3) is 5.91 Å². The third kappa shape index (κ3) is 3.58. The number of aliphatic hydroxyl groups excluding tert-OH is 2. The quantitative estimate of drug-likeness (QED) is 0.599. The van der Waals surface area contributed by atoms with Crippen LogP contribution in [0.5, 0.6) is 0 Å². The first kappa shape index (κ1) is 18.4. The topological polar surface area (TPSA) is 109 Å². The van der Waals surface area contributed by atoms with Crippen molar-refractivity contribution < 1.29 is 15.0 Å². The summed E-state index contributed by atoms with van der Waals surface area (Å²) in [6.07, 6.45) is -0.204. The van der Waals surface area contributed by atoms with E-state index in [1.54, 1.807) is 24.3 Å². The van der Waals surface area contributed by atoms with Crippen molar-refractivity contribution in [2.45, 2.75) is 12.6 Å². The molecule has 1 aromatic carbocycles. The molecule has 0 aliphatic heterocycles. The number of hydrogen-bond acceptors (Lipinski definition) is 5. The number of fused-ring (bicyclic) bond motifs is 1. The van der Waals surface area contributed by atoms with Crippen LogP contribution in [0.25, 0.3) is 5.65 Å². The first-order valence-electron chi connectivity index (χ1n) is 7.51. The maximum absolute atomic E-state index is 12.8. The molecule has 136 valence electrons. The molecule has 2 aromatic heterocycles.